The van der Waals surface area contributed by atoms with Crippen molar-refractivity contribution in [2.24, 2.45) is 5.73 Å². The normalized spacial score (nSPS) is 24.1. The van der Waals surface area contributed by atoms with Crippen molar-refractivity contribution in [2.75, 3.05) is 37.7 Å². The monoisotopic (exact) mass is 263 g/mol. The van der Waals surface area contributed by atoms with Crippen molar-refractivity contribution in [2.45, 2.75) is 19.1 Å². The van der Waals surface area contributed by atoms with E-state index in [0.29, 0.717) is 6.61 Å². The molecule has 104 valence electrons. The van der Waals surface area contributed by atoms with Gasteiger partial charge in [0.25, 0.3) is 0 Å². The van der Waals surface area contributed by atoms with Crippen LogP contribution in [0.3, 0.4) is 0 Å². The van der Waals surface area contributed by atoms with Gasteiger partial charge in [-0.25, -0.2) is 0 Å². The number of nitrogens with one attached hydrogen (secondary N) is 1. The molecule has 5 heteroatoms. The second-order valence-corrected chi connectivity index (χ2v) is 5.17. The molecule has 0 radical (unpaired) electrons. The number of benzene rings is 1. The van der Waals surface area contributed by atoms with Crippen molar-refractivity contribution in [1.29, 1.82) is 0 Å². The lowest BCUT2D eigenvalue weighted by atomic mass is 10.1. The Balaban J connectivity index is 1.86. The first kappa shape index (κ1) is 12.6. The molecule has 0 aliphatic carbocycles. The highest BCUT2D eigenvalue weighted by molar-refractivity contribution is 5.65. The third-order valence-corrected chi connectivity index (χ3v) is 3.67. The number of anilines is 1. The topological polar surface area (TPSA) is 59.8 Å². The average molecular weight is 263 g/mol. The maximum atomic E-state index is 5.93. The number of hydrogen-bond acceptors (Lipinski definition) is 5. The first-order chi connectivity index (χ1) is 9.25. The molecule has 0 amide bonds. The molecule has 0 bridgehead atoms. The molecule has 5 nitrogen and oxygen atoms in total. The van der Waals surface area contributed by atoms with Gasteiger partial charge >= 0.3 is 0 Å². The van der Waals surface area contributed by atoms with E-state index in [4.69, 9.17) is 15.2 Å². The molecule has 2 heterocycles. The van der Waals surface area contributed by atoms with E-state index in [0.717, 1.165) is 43.4 Å². The summed E-state index contributed by atoms with van der Waals surface area (Å²) in [7, 11) is 0. The van der Waals surface area contributed by atoms with Gasteiger partial charge in [-0.1, -0.05) is 6.07 Å². The van der Waals surface area contributed by atoms with Crippen molar-refractivity contribution < 1.29 is 9.47 Å². The lowest BCUT2D eigenvalue weighted by molar-refractivity contribution is 0.0768. The Morgan fingerprint density at radius 1 is 1.37 bits per heavy atom. The molecule has 19 heavy (non-hydrogen) atoms. The molecule has 1 fully saturated rings. The van der Waals surface area contributed by atoms with E-state index in [-0.39, 0.29) is 12.1 Å². The minimum absolute atomic E-state index is 0.0315. The Kier molecular flexibility index (Phi) is 3.48. The molecule has 2 aliphatic heterocycles. The Bertz CT molecular complexity index is 444. The summed E-state index contributed by atoms with van der Waals surface area (Å²) in [5.74, 6) is 1.67. The van der Waals surface area contributed by atoms with Gasteiger partial charge in [0.15, 0.2) is 11.5 Å². The van der Waals surface area contributed by atoms with Gasteiger partial charge < -0.3 is 25.4 Å². The van der Waals surface area contributed by atoms with E-state index >= 15 is 0 Å². The second kappa shape index (κ2) is 5.27. The lowest BCUT2D eigenvalue weighted by Gasteiger charge is -2.34. The number of piperazine rings is 1. The lowest BCUT2D eigenvalue weighted by Crippen LogP contribution is -2.45. The quantitative estimate of drug-likeness (QED) is 0.817. The Morgan fingerprint density at radius 2 is 2.16 bits per heavy atom. The molecule has 3 N–H and O–H groups in total. The number of rotatable bonds is 2. The van der Waals surface area contributed by atoms with E-state index in [1.807, 2.05) is 19.1 Å². The van der Waals surface area contributed by atoms with Crippen molar-refractivity contribution in [1.82, 2.24) is 5.32 Å². The fraction of sp³-hybridized carbons (Fsp3) is 0.571. The van der Waals surface area contributed by atoms with Crippen LogP contribution in [0.15, 0.2) is 18.2 Å². The van der Waals surface area contributed by atoms with Crippen molar-refractivity contribution in [3.05, 3.63) is 18.2 Å². The van der Waals surface area contributed by atoms with E-state index < -0.39 is 0 Å². The van der Waals surface area contributed by atoms with Gasteiger partial charge in [-0.2, -0.15) is 0 Å². The summed E-state index contributed by atoms with van der Waals surface area (Å²) in [5, 5.41) is 3.36. The maximum Gasteiger partial charge on any atom is 0.184 e. The predicted molar refractivity (Wildman–Crippen MR) is 75.1 cm³/mol. The smallest absolute Gasteiger partial charge is 0.184 e. The summed E-state index contributed by atoms with van der Waals surface area (Å²) >= 11 is 0. The first-order valence-electron chi connectivity index (χ1n) is 6.89. The third-order valence-electron chi connectivity index (χ3n) is 3.67. The van der Waals surface area contributed by atoms with Gasteiger partial charge in [0.2, 0.25) is 0 Å². The van der Waals surface area contributed by atoms with Gasteiger partial charge in [0, 0.05) is 32.2 Å². The van der Waals surface area contributed by atoms with Crippen LogP contribution in [0.25, 0.3) is 0 Å². The molecule has 1 aromatic rings. The van der Waals surface area contributed by atoms with Crippen molar-refractivity contribution in [3.63, 3.8) is 0 Å². The minimum atomic E-state index is -0.0641. The number of hydrogen-bond donors (Lipinski definition) is 2. The second-order valence-electron chi connectivity index (χ2n) is 5.17. The van der Waals surface area contributed by atoms with Crippen molar-refractivity contribution >= 4 is 5.69 Å². The van der Waals surface area contributed by atoms with E-state index in [9.17, 15) is 0 Å². The molecule has 0 aromatic heterocycles. The van der Waals surface area contributed by atoms with Gasteiger partial charge in [0.1, 0.15) is 12.7 Å². The Morgan fingerprint density at radius 3 is 2.89 bits per heavy atom. The molecular formula is C14H21N3O2. The molecular weight excluding hydrogens is 242 g/mol. The van der Waals surface area contributed by atoms with Crippen LogP contribution >= 0.6 is 0 Å². The Hall–Kier alpha value is -1.46. The molecule has 3 rings (SSSR count). The molecule has 1 aromatic carbocycles. The first-order valence-corrected chi connectivity index (χ1v) is 6.89. The average Bonchev–Trinajstić information content (AvgIpc) is 2.47. The van der Waals surface area contributed by atoms with E-state index in [1.165, 1.54) is 0 Å². The van der Waals surface area contributed by atoms with Crippen LogP contribution in [-0.2, 0) is 0 Å². The zero-order valence-electron chi connectivity index (χ0n) is 11.3. The summed E-state index contributed by atoms with van der Waals surface area (Å²) in [5.41, 5.74) is 7.01. The van der Waals surface area contributed by atoms with Crippen LogP contribution in [0.4, 0.5) is 5.69 Å². The summed E-state index contributed by atoms with van der Waals surface area (Å²) in [6.07, 6.45) is -0.0641. The van der Waals surface area contributed by atoms with Gasteiger partial charge in [-0.15, -0.1) is 0 Å². The van der Waals surface area contributed by atoms with Crippen LogP contribution < -0.4 is 25.4 Å². The highest BCUT2D eigenvalue weighted by Crippen LogP contribution is 2.40. The number of ether oxygens (including phenoxy) is 2. The zero-order valence-corrected chi connectivity index (χ0v) is 11.3. The summed E-state index contributed by atoms with van der Waals surface area (Å²) in [6, 6.07) is 6.04. The maximum absolute atomic E-state index is 5.93. The van der Waals surface area contributed by atoms with Crippen LogP contribution in [-0.4, -0.2) is 44.9 Å². The minimum Gasteiger partial charge on any atom is -0.484 e. The summed E-state index contributed by atoms with van der Waals surface area (Å²) in [4.78, 5) is 2.34. The third kappa shape index (κ3) is 2.48. The van der Waals surface area contributed by atoms with Crippen LogP contribution in [0.1, 0.15) is 6.92 Å². The fourth-order valence-electron chi connectivity index (χ4n) is 2.52. The van der Waals surface area contributed by atoms with Gasteiger partial charge in [0.05, 0.1) is 5.69 Å². The number of nitrogens with zero attached hydrogens (tertiary/aromatic N) is 1. The van der Waals surface area contributed by atoms with Crippen LogP contribution in [0, 0.1) is 0 Å². The number of nitrogens with two attached hydrogens (primary N) is 1. The number of fused-ring (bicyclic) bond motifs is 1. The van der Waals surface area contributed by atoms with Crippen molar-refractivity contribution in [3.8, 4) is 11.5 Å². The largest absolute Gasteiger partial charge is 0.484 e. The van der Waals surface area contributed by atoms with Crippen LogP contribution in [0.5, 0.6) is 11.5 Å². The highest BCUT2D eigenvalue weighted by atomic mass is 16.6. The summed E-state index contributed by atoms with van der Waals surface area (Å²) in [6.45, 7) is 6.47. The Labute approximate surface area is 113 Å². The zero-order chi connectivity index (χ0) is 13.2. The molecule has 2 unspecified atom stereocenters. The van der Waals surface area contributed by atoms with E-state index in [2.05, 4.69) is 16.3 Å². The molecule has 2 atom stereocenters. The van der Waals surface area contributed by atoms with Gasteiger partial charge in [-0.05, 0) is 19.1 Å². The fourth-order valence-corrected chi connectivity index (χ4v) is 2.52. The molecule has 2 aliphatic rings. The van der Waals surface area contributed by atoms with E-state index in [1.54, 1.807) is 0 Å². The number of para-hydroxylation sites is 1. The molecule has 0 spiro atoms. The predicted octanol–water partition coefficient (Wildman–Crippen LogP) is 0.583. The standard InChI is InChI=1S/C14H21N3O2/c1-10(15)13-9-18-14-11(3-2-4-12(14)19-13)17-7-5-16-6-8-17/h2-4,10,13,16H,5-9,15H2,1H3. The summed E-state index contributed by atoms with van der Waals surface area (Å²) < 4.78 is 11.8. The molecule has 1 saturated heterocycles. The highest BCUT2D eigenvalue weighted by Gasteiger charge is 2.27. The SMILES string of the molecule is CC(N)C1COc2c(cccc2N2CCNCC2)O1. The van der Waals surface area contributed by atoms with Gasteiger partial charge in [-0.3, -0.25) is 0 Å². The molecule has 0 saturated carbocycles. The van der Waals surface area contributed by atoms with Crippen LogP contribution in [0.2, 0.25) is 0 Å².